The van der Waals surface area contributed by atoms with Crippen molar-refractivity contribution in [2.45, 2.75) is 26.4 Å². The molecule has 0 bridgehead atoms. The molecule has 0 spiro atoms. The summed E-state index contributed by atoms with van der Waals surface area (Å²) < 4.78 is 1.74. The van der Waals surface area contributed by atoms with Gasteiger partial charge >= 0.3 is 0 Å². The van der Waals surface area contributed by atoms with Crippen LogP contribution in [-0.2, 0) is 7.05 Å². The summed E-state index contributed by atoms with van der Waals surface area (Å²) in [4.78, 5) is 2.13. The normalized spacial score (nSPS) is 24.8. The van der Waals surface area contributed by atoms with Gasteiger partial charge in [-0.1, -0.05) is 12.1 Å². The van der Waals surface area contributed by atoms with Gasteiger partial charge in [-0.2, -0.15) is 5.10 Å². The molecule has 0 aromatic carbocycles. The Morgan fingerprint density at radius 2 is 2.21 bits per heavy atom. The Morgan fingerprint density at radius 1 is 1.53 bits per heavy atom. The monoisotopic (exact) mass is 267 g/mol. The summed E-state index contributed by atoms with van der Waals surface area (Å²) >= 11 is 0. The van der Waals surface area contributed by atoms with Gasteiger partial charge in [-0.25, -0.2) is 0 Å². The number of rotatable bonds is 2. The largest absolute Gasteiger partial charge is 0.409 e. The fourth-order valence-corrected chi connectivity index (χ4v) is 2.68. The summed E-state index contributed by atoms with van der Waals surface area (Å²) in [6.07, 6.45) is 0.443. The van der Waals surface area contributed by atoms with Crippen molar-refractivity contribution >= 4 is 11.7 Å². The van der Waals surface area contributed by atoms with Crippen molar-refractivity contribution in [3.8, 4) is 0 Å². The van der Waals surface area contributed by atoms with E-state index in [4.69, 9.17) is 10.9 Å². The Morgan fingerprint density at radius 3 is 2.79 bits per heavy atom. The maximum Gasteiger partial charge on any atom is 0.175 e. The van der Waals surface area contributed by atoms with Crippen LogP contribution in [0.25, 0.3) is 0 Å². The van der Waals surface area contributed by atoms with E-state index in [9.17, 15) is 5.11 Å². The molecule has 1 fully saturated rings. The lowest BCUT2D eigenvalue weighted by Crippen LogP contribution is -2.43. The van der Waals surface area contributed by atoms with Crippen molar-refractivity contribution in [2.75, 3.05) is 18.0 Å². The minimum Gasteiger partial charge on any atom is -0.409 e. The molecule has 1 aliphatic rings. The van der Waals surface area contributed by atoms with Crippen LogP contribution in [0.5, 0.6) is 0 Å². The van der Waals surface area contributed by atoms with E-state index >= 15 is 0 Å². The molecular weight excluding hydrogens is 246 g/mol. The molecule has 0 saturated carbocycles. The topological polar surface area (TPSA) is 99.9 Å². The lowest BCUT2D eigenvalue weighted by Gasteiger charge is -2.36. The minimum atomic E-state index is -0.266. The number of nitrogens with zero attached hydrogens (tertiary/aromatic N) is 4. The molecule has 19 heavy (non-hydrogen) atoms. The maximum absolute atomic E-state index is 9.80. The van der Waals surface area contributed by atoms with Crippen LogP contribution in [0.1, 0.15) is 24.6 Å². The molecule has 2 heterocycles. The molecule has 0 amide bonds. The van der Waals surface area contributed by atoms with Gasteiger partial charge in [0.2, 0.25) is 0 Å². The zero-order valence-corrected chi connectivity index (χ0v) is 11.5. The van der Waals surface area contributed by atoms with Crippen molar-refractivity contribution in [3.63, 3.8) is 0 Å². The van der Waals surface area contributed by atoms with Gasteiger partial charge in [0.25, 0.3) is 0 Å². The number of anilines is 1. The molecule has 2 unspecified atom stereocenters. The van der Waals surface area contributed by atoms with Gasteiger partial charge in [-0.3, -0.25) is 4.68 Å². The molecule has 1 aromatic rings. The van der Waals surface area contributed by atoms with Crippen LogP contribution in [0.2, 0.25) is 0 Å². The highest BCUT2D eigenvalue weighted by Gasteiger charge is 2.29. The number of aryl methyl sites for hydroxylation is 2. The number of nitrogens with two attached hydrogens (primary N) is 1. The second-order valence-corrected chi connectivity index (χ2v) is 5.17. The first-order valence-corrected chi connectivity index (χ1v) is 6.40. The third-order valence-corrected chi connectivity index (χ3v) is 3.72. The lowest BCUT2D eigenvalue weighted by atomic mass is 9.96. The van der Waals surface area contributed by atoms with Crippen molar-refractivity contribution in [1.82, 2.24) is 9.78 Å². The number of aromatic nitrogens is 2. The van der Waals surface area contributed by atoms with E-state index in [1.807, 2.05) is 20.9 Å². The van der Waals surface area contributed by atoms with E-state index < -0.39 is 0 Å². The third-order valence-electron chi connectivity index (χ3n) is 3.72. The van der Waals surface area contributed by atoms with Crippen LogP contribution < -0.4 is 10.6 Å². The first-order valence-electron chi connectivity index (χ1n) is 6.40. The first-order chi connectivity index (χ1) is 8.95. The van der Waals surface area contributed by atoms with Gasteiger partial charge in [0.1, 0.15) is 5.82 Å². The maximum atomic E-state index is 9.80. The number of aliphatic hydroxyl groups excluding tert-OH is 1. The molecule has 7 nitrogen and oxygen atoms in total. The minimum absolute atomic E-state index is 0.0689. The highest BCUT2D eigenvalue weighted by atomic mass is 16.4. The summed E-state index contributed by atoms with van der Waals surface area (Å²) in [5, 5.41) is 26.1. The number of hydrogen-bond acceptors (Lipinski definition) is 5. The first kappa shape index (κ1) is 13.7. The van der Waals surface area contributed by atoms with Crippen LogP contribution >= 0.6 is 0 Å². The van der Waals surface area contributed by atoms with E-state index in [1.165, 1.54) is 0 Å². The van der Waals surface area contributed by atoms with Gasteiger partial charge in [-0.05, 0) is 19.3 Å². The molecule has 1 saturated heterocycles. The summed E-state index contributed by atoms with van der Waals surface area (Å²) in [5.74, 6) is 1.09. The molecular formula is C12H21N5O2. The van der Waals surface area contributed by atoms with E-state index in [-0.39, 0.29) is 17.9 Å². The Bertz CT molecular complexity index is 497. The predicted molar refractivity (Wildman–Crippen MR) is 72.5 cm³/mol. The Labute approximate surface area is 112 Å². The molecule has 0 aliphatic carbocycles. The van der Waals surface area contributed by atoms with Gasteiger partial charge in [0.15, 0.2) is 5.84 Å². The quantitative estimate of drug-likeness (QED) is 0.304. The predicted octanol–water partition coefficient (Wildman–Crippen LogP) is 0.0301. The fourth-order valence-electron chi connectivity index (χ4n) is 2.68. The average Bonchev–Trinajstić information content (AvgIpc) is 2.67. The molecule has 106 valence electrons. The van der Waals surface area contributed by atoms with E-state index in [1.54, 1.807) is 4.68 Å². The fraction of sp³-hybridized carbons (Fsp3) is 0.667. The number of piperidine rings is 1. The Kier molecular flexibility index (Phi) is 3.66. The number of amidine groups is 1. The van der Waals surface area contributed by atoms with Gasteiger partial charge in [-0.15, -0.1) is 0 Å². The van der Waals surface area contributed by atoms with Crippen LogP contribution in [0.4, 0.5) is 5.82 Å². The van der Waals surface area contributed by atoms with Gasteiger partial charge < -0.3 is 20.9 Å². The van der Waals surface area contributed by atoms with Crippen molar-refractivity contribution in [2.24, 2.45) is 23.9 Å². The zero-order chi connectivity index (χ0) is 14.2. The lowest BCUT2D eigenvalue weighted by molar-refractivity contribution is 0.0966. The molecule has 1 aliphatic heterocycles. The standard InChI is InChI=1S/C12H21N5O2/c1-7-6-17(5-4-9(7)18)12-10(11(13)15-19)8(2)14-16(12)3/h7,9,18-19H,4-6H2,1-3H3,(H2,13,15). The molecule has 0 radical (unpaired) electrons. The van der Waals surface area contributed by atoms with Crippen molar-refractivity contribution < 1.29 is 10.3 Å². The summed E-state index contributed by atoms with van der Waals surface area (Å²) in [7, 11) is 1.84. The number of oxime groups is 1. The second kappa shape index (κ2) is 5.08. The number of hydrogen-bond donors (Lipinski definition) is 3. The van der Waals surface area contributed by atoms with Crippen molar-refractivity contribution in [3.05, 3.63) is 11.3 Å². The summed E-state index contributed by atoms with van der Waals surface area (Å²) in [5.41, 5.74) is 7.14. The highest BCUT2D eigenvalue weighted by molar-refractivity contribution is 6.02. The molecule has 2 rings (SSSR count). The average molecular weight is 267 g/mol. The van der Waals surface area contributed by atoms with E-state index in [2.05, 4.69) is 15.2 Å². The Balaban J connectivity index is 2.39. The summed E-state index contributed by atoms with van der Waals surface area (Å²) in [6, 6.07) is 0. The second-order valence-electron chi connectivity index (χ2n) is 5.17. The van der Waals surface area contributed by atoms with Crippen LogP contribution in [0.15, 0.2) is 5.16 Å². The molecule has 1 aromatic heterocycles. The van der Waals surface area contributed by atoms with E-state index in [0.29, 0.717) is 12.0 Å². The van der Waals surface area contributed by atoms with Crippen LogP contribution in [0, 0.1) is 12.8 Å². The smallest absolute Gasteiger partial charge is 0.175 e. The highest BCUT2D eigenvalue weighted by Crippen LogP contribution is 2.27. The number of aliphatic hydroxyl groups is 1. The van der Waals surface area contributed by atoms with Gasteiger partial charge in [0, 0.05) is 20.1 Å². The summed E-state index contributed by atoms with van der Waals surface area (Å²) in [6.45, 7) is 5.31. The third kappa shape index (κ3) is 2.37. The molecule has 4 N–H and O–H groups in total. The Hall–Kier alpha value is -1.76. The zero-order valence-electron chi connectivity index (χ0n) is 11.5. The molecule has 7 heteroatoms. The van der Waals surface area contributed by atoms with Gasteiger partial charge in [0.05, 0.1) is 17.4 Å². The van der Waals surface area contributed by atoms with E-state index in [0.717, 1.165) is 24.6 Å². The SMILES string of the molecule is Cc1nn(C)c(N2CCC(O)C(C)C2)c1C(N)=NO. The van der Waals surface area contributed by atoms with Crippen LogP contribution in [-0.4, -0.2) is 45.1 Å². The van der Waals surface area contributed by atoms with Crippen LogP contribution in [0.3, 0.4) is 0 Å². The molecule has 2 atom stereocenters. The van der Waals surface area contributed by atoms with Crippen molar-refractivity contribution in [1.29, 1.82) is 0 Å².